The Bertz CT molecular complexity index is 5110. The SMILES string of the molecule is COC(=O)CCc1cc(Cc2cc(OC)c(Cc3cc(OC)c(Cc4cc(OC)c(Cc5cc(OC)c(Cc6cc(OC)c(Cc7cc(OC)c(Cc8cc(C(C)=O)c(I)cc8CCC(=O)OC)cc7CCC(=O)OC)cc6CCC(=O)OC)cc5CCC(=O)OC)cc4CCC(=O)OC)cc3CCC(=O)OC)cc2CCC(=O)OC)c(OC)cc1C. The number of carbonyl (C=O) groups is 9. The zero-order valence-corrected chi connectivity index (χ0v) is 75.3. The van der Waals surface area contributed by atoms with Crippen molar-refractivity contribution in [1.29, 1.82) is 0 Å². The Morgan fingerprint density at radius 2 is 0.377 bits per heavy atom. The molecule has 0 unspecified atom stereocenters. The van der Waals surface area contributed by atoms with E-state index in [1.165, 1.54) is 63.8 Å². The van der Waals surface area contributed by atoms with Crippen molar-refractivity contribution in [3.63, 3.8) is 0 Å². The van der Waals surface area contributed by atoms with Crippen LogP contribution in [0.1, 0.15) is 197 Å². The Morgan fingerprint density at radius 1 is 0.213 bits per heavy atom. The van der Waals surface area contributed by atoms with E-state index in [1.54, 1.807) is 49.8 Å². The highest BCUT2D eigenvalue weighted by Crippen LogP contribution is 2.41. The summed E-state index contributed by atoms with van der Waals surface area (Å²) in [7, 11) is 22.0. The summed E-state index contributed by atoms with van der Waals surface area (Å²) in [5.41, 5.74) is 19.7. The van der Waals surface area contributed by atoms with E-state index in [0.717, 1.165) is 132 Å². The molecule has 24 nitrogen and oxygen atoms in total. The molecule has 0 bridgehead atoms. The molecule has 8 rings (SSSR count). The molecule has 122 heavy (non-hydrogen) atoms. The van der Waals surface area contributed by atoms with Crippen molar-refractivity contribution in [2.75, 3.05) is 107 Å². The van der Waals surface area contributed by atoms with E-state index in [4.69, 9.17) is 71.1 Å². The third-order valence-electron chi connectivity index (χ3n) is 22.3. The first-order valence-electron chi connectivity index (χ1n) is 40.3. The van der Waals surface area contributed by atoms with Crippen molar-refractivity contribution >= 4 is 76.1 Å². The smallest absolute Gasteiger partial charge is 0.305 e. The predicted molar refractivity (Wildman–Crippen MR) is 467 cm³/mol. The number of rotatable bonds is 46. The van der Waals surface area contributed by atoms with Crippen molar-refractivity contribution in [3.8, 4) is 40.2 Å². The number of benzene rings is 8. The largest absolute Gasteiger partial charge is 0.496 e. The summed E-state index contributed by atoms with van der Waals surface area (Å²) < 4.78 is 85.2. The van der Waals surface area contributed by atoms with E-state index < -0.39 is 29.8 Å². The predicted octanol–water partition coefficient (Wildman–Crippen LogP) is 14.8. The van der Waals surface area contributed by atoms with Gasteiger partial charge in [-0.2, -0.15) is 0 Å². The van der Waals surface area contributed by atoms with Gasteiger partial charge in [-0.05, 0) is 270 Å². The number of hydrogen-bond donors (Lipinski definition) is 0. The molecule has 0 spiro atoms. The van der Waals surface area contributed by atoms with Gasteiger partial charge in [0.25, 0.3) is 0 Å². The molecule has 8 aromatic rings. The fourth-order valence-corrected chi connectivity index (χ4v) is 16.4. The molecule has 8 aromatic carbocycles. The number of carbonyl (C=O) groups excluding carboxylic acids is 9. The monoisotopic (exact) mass is 1790 g/mol. The van der Waals surface area contributed by atoms with Crippen LogP contribution in [-0.4, -0.2) is 160 Å². The minimum atomic E-state index is -0.420. The quantitative estimate of drug-likeness (QED) is 0.0148. The van der Waals surface area contributed by atoms with E-state index in [2.05, 4.69) is 22.6 Å². The summed E-state index contributed by atoms with van der Waals surface area (Å²) in [5.74, 6) is 0.718. The van der Waals surface area contributed by atoms with Crippen LogP contribution in [0.3, 0.4) is 0 Å². The second-order valence-corrected chi connectivity index (χ2v) is 30.9. The van der Waals surface area contributed by atoms with Crippen LogP contribution < -0.4 is 33.2 Å². The molecule has 652 valence electrons. The zero-order valence-electron chi connectivity index (χ0n) is 73.2. The molecule has 25 heteroatoms. The number of hydrogen-bond acceptors (Lipinski definition) is 24. The first-order chi connectivity index (χ1) is 58.6. The fourth-order valence-electron chi connectivity index (χ4n) is 15.5. The minimum absolute atomic E-state index is 0.0363. The van der Waals surface area contributed by atoms with E-state index >= 15 is 0 Å². The third kappa shape index (κ3) is 26.3. The number of ketones is 1. The molecule has 0 amide bonds. The lowest BCUT2D eigenvalue weighted by atomic mass is 9.86. The Kier molecular flexibility index (Phi) is 37.0. The maximum Gasteiger partial charge on any atom is 0.305 e. The summed E-state index contributed by atoms with van der Waals surface area (Å²) in [4.78, 5) is 116. The molecular weight excluding hydrogens is 1680 g/mol. The molecule has 0 aliphatic rings. The number of halogens is 1. The van der Waals surface area contributed by atoms with Gasteiger partial charge in [-0.15, -0.1) is 0 Å². The van der Waals surface area contributed by atoms with Crippen molar-refractivity contribution in [3.05, 3.63) is 234 Å². The Morgan fingerprint density at radius 3 is 0.557 bits per heavy atom. The topological polar surface area (TPSA) is 292 Å². The summed E-state index contributed by atoms with van der Waals surface area (Å²) in [6.07, 6.45) is 5.45. The van der Waals surface area contributed by atoms with Gasteiger partial charge in [0.1, 0.15) is 40.2 Å². The normalized spacial score (nSPS) is 10.9. The standard InChI is InChI=1S/C97H113IO24/c1-57-34-83(108-3)74(35-59(57)18-26-90(100)115-10)43-68-51-85(110-5)76(37-61(68)20-28-92(102)117-12)45-70-53-87(112-7)78(39-63(70)22-30-94(104)119-14)47-72-55-89(114-9)80(41-65(72)24-32-96(106)121-16)48-73-56-88(113-8)79(40-64(73)23-31-95(105)120-15)46-71-54-86(111-6)77(38-62(71)21-29-93(103)118-13)44-69-52-84(109-4)75(36-60(69)19-27-91(101)116-11)42-67-49-81(58(2)99)82(98)50-66(67)25-33-97(107)122-17/h34-41,49-56H,18-33,42-48H2,1-17H3. The molecule has 0 N–H and O–H groups in total. The Hall–Kier alpha value is -11.5. The van der Waals surface area contributed by atoms with Gasteiger partial charge >= 0.3 is 47.8 Å². The summed E-state index contributed by atoms with van der Waals surface area (Å²) in [6.45, 7) is 3.49. The van der Waals surface area contributed by atoms with E-state index in [0.29, 0.717) is 104 Å². The summed E-state index contributed by atoms with van der Waals surface area (Å²) in [6, 6.07) is 31.8. The summed E-state index contributed by atoms with van der Waals surface area (Å²) in [5, 5.41) is 0. The van der Waals surface area contributed by atoms with Gasteiger partial charge in [0, 0.05) is 105 Å². The lowest BCUT2D eigenvalue weighted by molar-refractivity contribution is -0.141. The lowest BCUT2D eigenvalue weighted by Crippen LogP contribution is -2.10. The van der Waals surface area contributed by atoms with Crippen LogP contribution in [0.25, 0.3) is 0 Å². The first kappa shape index (κ1) is 96.0. The minimum Gasteiger partial charge on any atom is -0.496 e. The molecule has 0 fully saturated rings. The summed E-state index contributed by atoms with van der Waals surface area (Å²) >= 11 is 2.14. The molecule has 0 heterocycles. The first-order valence-corrected chi connectivity index (χ1v) is 41.4. The molecule has 0 atom stereocenters. The van der Waals surface area contributed by atoms with Crippen molar-refractivity contribution in [2.45, 2.75) is 162 Å². The molecule has 0 aliphatic heterocycles. The number of esters is 8. The highest BCUT2D eigenvalue weighted by molar-refractivity contribution is 14.1. The van der Waals surface area contributed by atoms with E-state index in [-0.39, 0.29) is 114 Å². The molecule has 0 aromatic heterocycles. The van der Waals surface area contributed by atoms with Crippen molar-refractivity contribution in [2.24, 2.45) is 0 Å². The fraction of sp³-hybridized carbons (Fsp3) is 0.412. The van der Waals surface area contributed by atoms with E-state index in [1.807, 2.05) is 104 Å². The highest BCUT2D eigenvalue weighted by atomic mass is 127. The van der Waals surface area contributed by atoms with Gasteiger partial charge in [0.15, 0.2) is 5.78 Å². The van der Waals surface area contributed by atoms with Gasteiger partial charge in [0.05, 0.1) is 107 Å². The van der Waals surface area contributed by atoms with Crippen LogP contribution in [0.2, 0.25) is 0 Å². The van der Waals surface area contributed by atoms with Crippen LogP contribution in [0, 0.1) is 10.5 Å². The average molecular weight is 1790 g/mol. The molecule has 0 radical (unpaired) electrons. The second-order valence-electron chi connectivity index (χ2n) is 29.7. The Labute approximate surface area is 728 Å². The zero-order chi connectivity index (χ0) is 88.9. The van der Waals surface area contributed by atoms with E-state index in [9.17, 15) is 43.2 Å². The van der Waals surface area contributed by atoms with Crippen LogP contribution in [0.5, 0.6) is 40.2 Å². The van der Waals surface area contributed by atoms with Crippen LogP contribution >= 0.6 is 22.6 Å². The van der Waals surface area contributed by atoms with Gasteiger partial charge in [-0.3, -0.25) is 43.2 Å². The number of Topliss-reactive ketones (excluding diaryl/α,β-unsaturated/α-hetero) is 1. The average Bonchev–Trinajstić information content (AvgIpc) is 0.792. The van der Waals surface area contributed by atoms with Crippen LogP contribution in [0.15, 0.2) is 97.1 Å². The molecule has 0 saturated carbocycles. The van der Waals surface area contributed by atoms with Gasteiger partial charge < -0.3 is 71.1 Å². The van der Waals surface area contributed by atoms with Crippen LogP contribution in [0.4, 0.5) is 0 Å². The second kappa shape index (κ2) is 47.1. The maximum absolute atomic E-state index is 13.2. The maximum atomic E-state index is 13.2. The molecule has 0 aliphatic carbocycles. The van der Waals surface area contributed by atoms with Crippen LogP contribution in [-0.2, 0) is 173 Å². The highest BCUT2D eigenvalue weighted by Gasteiger charge is 2.27. The van der Waals surface area contributed by atoms with Gasteiger partial charge in [-0.1, -0.05) is 42.5 Å². The van der Waals surface area contributed by atoms with Gasteiger partial charge in [-0.25, -0.2) is 0 Å². The number of methoxy groups -OCH3 is 15. The number of ether oxygens (including phenoxy) is 15. The van der Waals surface area contributed by atoms with Crippen molar-refractivity contribution in [1.82, 2.24) is 0 Å². The third-order valence-corrected chi connectivity index (χ3v) is 23.2. The molecule has 0 saturated heterocycles. The number of aryl methyl sites for hydroxylation is 9. The Balaban J connectivity index is 1.20. The van der Waals surface area contributed by atoms with Gasteiger partial charge in [0.2, 0.25) is 0 Å². The lowest BCUT2D eigenvalue weighted by Gasteiger charge is -2.22. The van der Waals surface area contributed by atoms with Crippen molar-refractivity contribution < 1.29 is 114 Å². The molecular formula is C97H113IO24.